The van der Waals surface area contributed by atoms with E-state index in [0.29, 0.717) is 12.1 Å². The van der Waals surface area contributed by atoms with Crippen molar-refractivity contribution in [2.45, 2.75) is 6.42 Å². The molecule has 0 saturated heterocycles. The maximum Gasteiger partial charge on any atom is 0.240 e. The van der Waals surface area contributed by atoms with Crippen LogP contribution in [0.25, 0.3) is 0 Å². The van der Waals surface area contributed by atoms with Gasteiger partial charge in [-0.25, -0.2) is 4.79 Å². The lowest BCUT2D eigenvalue weighted by molar-refractivity contribution is 0.414. The summed E-state index contributed by atoms with van der Waals surface area (Å²) in [6.45, 7) is 3.62. The van der Waals surface area contributed by atoms with Crippen molar-refractivity contribution in [2.75, 3.05) is 7.11 Å². The number of nitrogens with zero attached hydrogens (tertiary/aromatic N) is 1. The van der Waals surface area contributed by atoms with Gasteiger partial charge in [0.05, 0.1) is 12.8 Å². The van der Waals surface area contributed by atoms with Gasteiger partial charge in [0.25, 0.3) is 0 Å². The zero-order chi connectivity index (χ0) is 10.4. The molecule has 0 aliphatic carbocycles. The molecule has 0 N–H and O–H groups in total. The Bertz CT molecular complexity index is 361. The van der Waals surface area contributed by atoms with Crippen molar-refractivity contribution in [2.24, 2.45) is 4.99 Å². The van der Waals surface area contributed by atoms with E-state index in [1.807, 2.05) is 24.3 Å². The Morgan fingerprint density at radius 2 is 2.14 bits per heavy atom. The van der Waals surface area contributed by atoms with Gasteiger partial charge >= 0.3 is 0 Å². The van der Waals surface area contributed by atoms with Crippen molar-refractivity contribution in [1.29, 1.82) is 0 Å². The molecule has 0 bridgehead atoms. The van der Waals surface area contributed by atoms with Gasteiger partial charge in [-0.15, -0.1) is 0 Å². The van der Waals surface area contributed by atoms with Gasteiger partial charge in [0.2, 0.25) is 6.08 Å². The average molecular weight is 189 g/mol. The second-order valence-electron chi connectivity index (χ2n) is 2.79. The molecule has 1 aromatic carbocycles. The molecule has 0 radical (unpaired) electrons. The number of allylic oxidation sites excluding steroid dienone is 1. The topological polar surface area (TPSA) is 38.7 Å². The second kappa shape index (κ2) is 5.00. The monoisotopic (exact) mass is 189 g/mol. The summed E-state index contributed by atoms with van der Waals surface area (Å²) < 4.78 is 5.01. The Morgan fingerprint density at radius 1 is 1.50 bits per heavy atom. The molecule has 3 heteroatoms. The van der Waals surface area contributed by atoms with Gasteiger partial charge in [-0.3, -0.25) is 0 Å². The summed E-state index contributed by atoms with van der Waals surface area (Å²) in [6, 6.07) is 7.52. The van der Waals surface area contributed by atoms with Crippen LogP contribution in [0.3, 0.4) is 0 Å². The van der Waals surface area contributed by atoms with Gasteiger partial charge in [-0.1, -0.05) is 18.7 Å². The van der Waals surface area contributed by atoms with E-state index in [4.69, 9.17) is 4.74 Å². The number of carbonyl (C=O) groups excluding carboxylic acids is 1. The van der Waals surface area contributed by atoms with Crippen LogP contribution in [-0.4, -0.2) is 13.2 Å². The van der Waals surface area contributed by atoms with Gasteiger partial charge in [0.1, 0.15) is 5.75 Å². The Labute approximate surface area is 82.7 Å². The fourth-order valence-corrected chi connectivity index (χ4v) is 1.08. The molecule has 0 saturated carbocycles. The smallest absolute Gasteiger partial charge is 0.240 e. The van der Waals surface area contributed by atoms with E-state index in [9.17, 15) is 4.79 Å². The largest absolute Gasteiger partial charge is 0.497 e. The van der Waals surface area contributed by atoms with Crippen LogP contribution in [0.4, 0.5) is 0 Å². The number of benzene rings is 1. The first kappa shape index (κ1) is 10.2. The summed E-state index contributed by atoms with van der Waals surface area (Å²) in [5.41, 5.74) is 1.54. The van der Waals surface area contributed by atoms with Crippen LogP contribution in [0.1, 0.15) is 5.56 Å². The molecular formula is C11H11NO2. The molecule has 0 aliphatic rings. The summed E-state index contributed by atoms with van der Waals surface area (Å²) in [4.78, 5) is 13.4. The number of hydrogen-bond donors (Lipinski definition) is 0. The van der Waals surface area contributed by atoms with E-state index in [1.54, 1.807) is 7.11 Å². The molecular weight excluding hydrogens is 178 g/mol. The van der Waals surface area contributed by atoms with Crippen molar-refractivity contribution in [1.82, 2.24) is 0 Å². The van der Waals surface area contributed by atoms with Crippen molar-refractivity contribution in [3.05, 3.63) is 42.1 Å². The van der Waals surface area contributed by atoms with Crippen molar-refractivity contribution in [3.63, 3.8) is 0 Å². The van der Waals surface area contributed by atoms with Crippen LogP contribution >= 0.6 is 0 Å². The lowest BCUT2D eigenvalue weighted by Crippen LogP contribution is -1.87. The molecule has 0 atom stereocenters. The highest BCUT2D eigenvalue weighted by Gasteiger charge is 1.96. The fourth-order valence-electron chi connectivity index (χ4n) is 1.08. The predicted molar refractivity (Wildman–Crippen MR) is 54.0 cm³/mol. The molecule has 1 rings (SSSR count). The summed E-state index contributed by atoms with van der Waals surface area (Å²) in [5, 5.41) is 0. The fraction of sp³-hybridized carbons (Fsp3) is 0.182. The number of methoxy groups -OCH3 is 1. The van der Waals surface area contributed by atoms with Crippen molar-refractivity contribution in [3.8, 4) is 5.75 Å². The molecule has 0 spiro atoms. The highest BCUT2D eigenvalue weighted by atomic mass is 16.5. The SMILES string of the molecule is C=C(Cc1ccc(OC)cc1)N=C=O. The molecule has 0 amide bonds. The third-order valence-electron chi connectivity index (χ3n) is 1.77. The summed E-state index contributed by atoms with van der Waals surface area (Å²) in [6.07, 6.45) is 2.02. The van der Waals surface area contributed by atoms with Crippen molar-refractivity contribution < 1.29 is 9.53 Å². The number of aliphatic imine (C=N–C) groups is 1. The number of isocyanates is 1. The number of ether oxygens (including phenoxy) is 1. The Morgan fingerprint density at radius 3 is 2.64 bits per heavy atom. The molecule has 1 aromatic rings. The molecule has 0 unspecified atom stereocenters. The van der Waals surface area contributed by atoms with E-state index in [1.165, 1.54) is 6.08 Å². The van der Waals surface area contributed by atoms with Gasteiger partial charge in [-0.2, -0.15) is 4.99 Å². The van der Waals surface area contributed by atoms with Crippen LogP contribution in [0.15, 0.2) is 41.5 Å². The standard InChI is InChI=1S/C11H11NO2/c1-9(12-8-13)7-10-3-5-11(14-2)6-4-10/h3-6H,1,7H2,2H3. The molecule has 72 valence electrons. The average Bonchev–Trinajstić information content (AvgIpc) is 2.19. The minimum atomic E-state index is 0.505. The zero-order valence-electron chi connectivity index (χ0n) is 7.99. The highest BCUT2D eigenvalue weighted by Crippen LogP contribution is 2.13. The van der Waals surface area contributed by atoms with Crippen molar-refractivity contribution >= 4 is 6.08 Å². The van der Waals surface area contributed by atoms with Crippen LogP contribution in [-0.2, 0) is 11.2 Å². The molecule has 0 fully saturated rings. The van der Waals surface area contributed by atoms with Gasteiger partial charge in [0.15, 0.2) is 0 Å². The zero-order valence-corrected chi connectivity index (χ0v) is 7.99. The first-order chi connectivity index (χ1) is 6.76. The molecule has 0 aliphatic heterocycles. The quantitative estimate of drug-likeness (QED) is 0.537. The Balaban J connectivity index is 2.68. The van der Waals surface area contributed by atoms with Gasteiger partial charge in [0, 0.05) is 6.42 Å². The third-order valence-corrected chi connectivity index (χ3v) is 1.77. The maximum absolute atomic E-state index is 9.93. The molecule has 0 aromatic heterocycles. The molecule has 0 heterocycles. The first-order valence-corrected chi connectivity index (χ1v) is 4.15. The van der Waals surface area contributed by atoms with E-state index in [-0.39, 0.29) is 0 Å². The summed E-state index contributed by atoms with van der Waals surface area (Å²) in [5.74, 6) is 0.804. The highest BCUT2D eigenvalue weighted by molar-refractivity contribution is 5.38. The molecule has 3 nitrogen and oxygen atoms in total. The Kier molecular flexibility index (Phi) is 3.65. The van der Waals surface area contributed by atoms with Crippen LogP contribution in [0.5, 0.6) is 5.75 Å². The van der Waals surface area contributed by atoms with E-state index in [2.05, 4.69) is 11.6 Å². The normalized spacial score (nSPS) is 8.93. The van der Waals surface area contributed by atoms with E-state index < -0.39 is 0 Å². The lowest BCUT2D eigenvalue weighted by Gasteiger charge is -2.01. The Hall–Kier alpha value is -1.86. The minimum Gasteiger partial charge on any atom is -0.497 e. The third kappa shape index (κ3) is 2.88. The van der Waals surface area contributed by atoms with Crippen LogP contribution in [0, 0.1) is 0 Å². The van der Waals surface area contributed by atoms with Crippen LogP contribution < -0.4 is 4.74 Å². The van der Waals surface area contributed by atoms with Gasteiger partial charge < -0.3 is 4.74 Å². The number of hydrogen-bond acceptors (Lipinski definition) is 3. The van der Waals surface area contributed by atoms with Gasteiger partial charge in [-0.05, 0) is 17.7 Å². The maximum atomic E-state index is 9.93. The number of rotatable bonds is 4. The summed E-state index contributed by atoms with van der Waals surface area (Å²) in [7, 11) is 1.62. The summed E-state index contributed by atoms with van der Waals surface area (Å²) >= 11 is 0. The van der Waals surface area contributed by atoms with E-state index in [0.717, 1.165) is 11.3 Å². The lowest BCUT2D eigenvalue weighted by atomic mass is 10.1. The predicted octanol–water partition coefficient (Wildman–Crippen LogP) is 2.09. The second-order valence-corrected chi connectivity index (χ2v) is 2.79. The van der Waals surface area contributed by atoms with Crippen LogP contribution in [0.2, 0.25) is 0 Å². The first-order valence-electron chi connectivity index (χ1n) is 4.15. The molecule has 14 heavy (non-hydrogen) atoms. The minimum absolute atomic E-state index is 0.505. The van der Waals surface area contributed by atoms with E-state index >= 15 is 0 Å².